The van der Waals surface area contributed by atoms with Gasteiger partial charge in [-0.05, 0) is 43.5 Å². The summed E-state index contributed by atoms with van der Waals surface area (Å²) in [5.41, 5.74) is 5.25. The number of hydrogen-bond donors (Lipinski definition) is 1. The number of rotatable bonds is 6. The largest absolute Gasteiger partial charge is 0.469 e. The minimum Gasteiger partial charge on any atom is -0.469 e. The van der Waals surface area contributed by atoms with Crippen molar-refractivity contribution < 1.29 is 14.3 Å². The number of thiophene rings is 1. The number of amides is 1. The summed E-state index contributed by atoms with van der Waals surface area (Å²) in [6, 6.07) is 12.5. The highest BCUT2D eigenvalue weighted by Gasteiger charge is 2.19. The third-order valence-corrected chi connectivity index (χ3v) is 5.37. The Morgan fingerprint density at radius 2 is 1.93 bits per heavy atom. The second-order valence-corrected chi connectivity index (χ2v) is 7.35. The lowest BCUT2D eigenvalue weighted by Gasteiger charge is -2.12. The first kappa shape index (κ1) is 18.8. The number of carbonyl (C=O) groups excluding carboxylic acids is 2. The maximum atomic E-state index is 12.7. The van der Waals surface area contributed by atoms with E-state index in [-0.39, 0.29) is 18.3 Å². The summed E-state index contributed by atoms with van der Waals surface area (Å²) in [7, 11) is 0. The molecule has 4 rings (SSSR count). The molecule has 0 atom stereocenters. The molecule has 0 bridgehead atoms. The first-order valence-corrected chi connectivity index (χ1v) is 9.82. The third kappa shape index (κ3) is 3.74. The molecule has 0 fully saturated rings. The maximum absolute atomic E-state index is 12.7. The number of benzene rings is 1. The fourth-order valence-electron chi connectivity index (χ4n) is 3.07. The van der Waals surface area contributed by atoms with Crippen molar-refractivity contribution in [3.05, 3.63) is 76.7 Å². The molecule has 146 valence electrons. The highest BCUT2D eigenvalue weighted by molar-refractivity contribution is 7.16. The molecule has 1 N–H and O–H groups in total. The van der Waals surface area contributed by atoms with Crippen LogP contribution in [-0.2, 0) is 0 Å². The number of ketones is 1. The molecule has 29 heavy (non-hydrogen) atoms. The van der Waals surface area contributed by atoms with E-state index in [9.17, 15) is 9.59 Å². The normalized spacial score (nSPS) is 10.8. The lowest BCUT2D eigenvalue weighted by molar-refractivity contribution is 0.0917. The Balaban J connectivity index is 1.50. The average Bonchev–Trinajstić information content (AvgIpc) is 3.33. The summed E-state index contributed by atoms with van der Waals surface area (Å²) in [6.45, 7) is 3.46. The number of nitrogens with zero attached hydrogens (tertiary/aromatic N) is 3. The molecule has 0 aliphatic heterocycles. The van der Waals surface area contributed by atoms with Crippen LogP contribution < -0.4 is 10.2 Å². The van der Waals surface area contributed by atoms with Crippen LogP contribution in [0.5, 0.6) is 5.88 Å². The Morgan fingerprint density at radius 3 is 2.72 bits per heavy atom. The summed E-state index contributed by atoms with van der Waals surface area (Å²) >= 11 is 1.48. The molecule has 3 heterocycles. The highest BCUT2D eigenvalue weighted by Crippen LogP contribution is 2.25. The first-order chi connectivity index (χ1) is 14.0. The van der Waals surface area contributed by atoms with Gasteiger partial charge in [0.05, 0.1) is 5.39 Å². The van der Waals surface area contributed by atoms with Crippen molar-refractivity contribution >= 4 is 33.2 Å². The number of hydrogen-bond acceptors (Lipinski definition) is 6. The predicted molar refractivity (Wildman–Crippen MR) is 111 cm³/mol. The van der Waals surface area contributed by atoms with E-state index in [0.717, 1.165) is 15.9 Å². The van der Waals surface area contributed by atoms with Crippen molar-refractivity contribution in [3.63, 3.8) is 0 Å². The molecule has 7 nitrogen and oxygen atoms in total. The second kappa shape index (κ2) is 7.84. The van der Waals surface area contributed by atoms with Crippen LogP contribution in [0, 0.1) is 13.8 Å². The van der Waals surface area contributed by atoms with Gasteiger partial charge in [-0.15, -0.1) is 11.3 Å². The van der Waals surface area contributed by atoms with Gasteiger partial charge in [0.15, 0.2) is 6.61 Å². The number of aromatic nitrogens is 3. The van der Waals surface area contributed by atoms with Gasteiger partial charge in [0, 0.05) is 22.5 Å². The molecule has 3 aromatic heterocycles. The van der Waals surface area contributed by atoms with Gasteiger partial charge in [-0.3, -0.25) is 19.7 Å². The van der Waals surface area contributed by atoms with Crippen LogP contribution in [-0.4, -0.2) is 32.9 Å². The molecule has 0 radical (unpaired) electrons. The highest BCUT2D eigenvalue weighted by atomic mass is 32.1. The summed E-state index contributed by atoms with van der Waals surface area (Å²) < 4.78 is 7.27. The van der Waals surface area contributed by atoms with Crippen molar-refractivity contribution in [1.29, 1.82) is 0 Å². The van der Waals surface area contributed by atoms with Crippen molar-refractivity contribution in [1.82, 2.24) is 14.6 Å². The molecule has 0 aliphatic rings. The summed E-state index contributed by atoms with van der Waals surface area (Å²) in [6.07, 6.45) is 1.42. The predicted octanol–water partition coefficient (Wildman–Crippen LogP) is 3.76. The quantitative estimate of drug-likeness (QED) is 0.493. The van der Waals surface area contributed by atoms with Crippen molar-refractivity contribution in [2.45, 2.75) is 13.8 Å². The number of ether oxygens (including phenoxy) is 1. The van der Waals surface area contributed by atoms with Crippen LogP contribution in [0.4, 0.5) is 0 Å². The monoisotopic (exact) mass is 406 g/mol. The zero-order valence-corrected chi connectivity index (χ0v) is 16.7. The lowest BCUT2D eigenvalue weighted by Crippen LogP contribution is -2.25. The molecule has 1 aromatic carbocycles. The van der Waals surface area contributed by atoms with Crippen LogP contribution in [0.3, 0.4) is 0 Å². The number of fused-ring (bicyclic) bond motifs is 1. The zero-order chi connectivity index (χ0) is 20.4. The SMILES string of the molecule is Cc1cc(C(=O)COc2ncnc3sccc23)c(C)n1NC(=O)c1ccccc1. The van der Waals surface area contributed by atoms with E-state index in [1.54, 1.807) is 41.9 Å². The molecule has 8 heteroatoms. The summed E-state index contributed by atoms with van der Waals surface area (Å²) in [4.78, 5) is 34.3. The Kier molecular flexibility index (Phi) is 5.09. The Bertz CT molecular complexity index is 1200. The smallest absolute Gasteiger partial charge is 0.270 e. The molecule has 0 aliphatic carbocycles. The van der Waals surface area contributed by atoms with E-state index in [1.165, 1.54) is 17.7 Å². The zero-order valence-electron chi connectivity index (χ0n) is 15.9. The van der Waals surface area contributed by atoms with E-state index in [2.05, 4.69) is 15.4 Å². The van der Waals surface area contributed by atoms with E-state index in [1.807, 2.05) is 24.4 Å². The van der Waals surface area contributed by atoms with Gasteiger partial charge in [-0.1, -0.05) is 18.2 Å². The topological polar surface area (TPSA) is 86.1 Å². The van der Waals surface area contributed by atoms with Gasteiger partial charge in [0.25, 0.3) is 5.91 Å². The van der Waals surface area contributed by atoms with Crippen molar-refractivity contribution in [2.24, 2.45) is 0 Å². The molecular formula is C21H18N4O3S. The van der Waals surface area contributed by atoms with Crippen LogP contribution in [0.2, 0.25) is 0 Å². The average molecular weight is 406 g/mol. The van der Waals surface area contributed by atoms with Crippen molar-refractivity contribution in [3.8, 4) is 5.88 Å². The summed E-state index contributed by atoms with van der Waals surface area (Å²) in [5, 5.41) is 2.68. The van der Waals surface area contributed by atoms with E-state index in [4.69, 9.17) is 4.74 Å². The van der Waals surface area contributed by atoms with Gasteiger partial charge in [0.2, 0.25) is 11.7 Å². The fraction of sp³-hybridized carbons (Fsp3) is 0.143. The summed E-state index contributed by atoms with van der Waals surface area (Å²) in [5.74, 6) is -0.0559. The van der Waals surface area contributed by atoms with Gasteiger partial charge >= 0.3 is 0 Å². The van der Waals surface area contributed by atoms with Crippen LogP contribution in [0.1, 0.15) is 32.1 Å². The number of nitrogens with one attached hydrogen (secondary N) is 1. The number of Topliss-reactive ketones (excluding diaryl/α,β-unsaturated/α-hetero) is 1. The van der Waals surface area contributed by atoms with E-state index in [0.29, 0.717) is 22.7 Å². The molecule has 0 unspecified atom stereocenters. The molecule has 0 saturated carbocycles. The Labute approximate surface area is 171 Å². The Hall–Kier alpha value is -3.52. The second-order valence-electron chi connectivity index (χ2n) is 6.46. The third-order valence-electron chi connectivity index (χ3n) is 4.55. The Morgan fingerprint density at radius 1 is 1.14 bits per heavy atom. The lowest BCUT2D eigenvalue weighted by atomic mass is 10.1. The van der Waals surface area contributed by atoms with Crippen molar-refractivity contribution in [2.75, 3.05) is 12.0 Å². The molecule has 1 amide bonds. The van der Waals surface area contributed by atoms with Gasteiger partial charge in [-0.25, -0.2) is 9.97 Å². The minimum atomic E-state index is -0.247. The van der Waals surface area contributed by atoms with Gasteiger partial charge in [-0.2, -0.15) is 0 Å². The fourth-order valence-corrected chi connectivity index (χ4v) is 3.79. The molecule has 0 saturated heterocycles. The van der Waals surface area contributed by atoms with E-state index >= 15 is 0 Å². The minimum absolute atomic E-state index is 0.154. The maximum Gasteiger partial charge on any atom is 0.270 e. The van der Waals surface area contributed by atoms with Gasteiger partial charge in [0.1, 0.15) is 11.2 Å². The number of aryl methyl sites for hydroxylation is 1. The van der Waals surface area contributed by atoms with Crippen LogP contribution >= 0.6 is 11.3 Å². The molecule has 0 spiro atoms. The molecule has 4 aromatic rings. The van der Waals surface area contributed by atoms with Crippen LogP contribution in [0.15, 0.2) is 54.2 Å². The standard InChI is InChI=1S/C21H18N4O3S/c1-13-10-17(14(2)25(13)24-19(27)15-6-4-3-5-7-15)18(26)11-28-20-16-8-9-29-21(16)23-12-22-20/h3-10,12H,11H2,1-2H3,(H,24,27). The first-order valence-electron chi connectivity index (χ1n) is 8.94. The van der Waals surface area contributed by atoms with Gasteiger partial charge < -0.3 is 4.74 Å². The molecular weight excluding hydrogens is 388 g/mol. The number of carbonyl (C=O) groups is 2. The van der Waals surface area contributed by atoms with E-state index < -0.39 is 0 Å². The van der Waals surface area contributed by atoms with Crippen LogP contribution in [0.25, 0.3) is 10.2 Å².